The van der Waals surface area contributed by atoms with Crippen molar-refractivity contribution in [3.63, 3.8) is 0 Å². The van der Waals surface area contributed by atoms with Crippen molar-refractivity contribution in [2.45, 2.75) is 12.1 Å². The molecule has 0 spiro atoms. The SMILES string of the molecule is Cc1cccc2c(NC(=O)CSc3nc4ccccc4[nH]3)ccnc12. The molecule has 124 valence electrons. The van der Waals surface area contributed by atoms with Crippen molar-refractivity contribution in [3.05, 3.63) is 60.3 Å². The van der Waals surface area contributed by atoms with E-state index >= 15 is 0 Å². The van der Waals surface area contributed by atoms with Crippen molar-refractivity contribution >= 4 is 45.3 Å². The van der Waals surface area contributed by atoms with Gasteiger partial charge in [-0.2, -0.15) is 0 Å². The maximum absolute atomic E-state index is 12.3. The molecule has 0 aliphatic carbocycles. The number of hydrogen-bond acceptors (Lipinski definition) is 4. The number of benzene rings is 2. The van der Waals surface area contributed by atoms with Crippen molar-refractivity contribution in [1.82, 2.24) is 15.0 Å². The molecule has 0 saturated carbocycles. The molecule has 4 aromatic rings. The van der Waals surface area contributed by atoms with Gasteiger partial charge in [0, 0.05) is 11.6 Å². The zero-order chi connectivity index (χ0) is 17.2. The van der Waals surface area contributed by atoms with Gasteiger partial charge in [0.05, 0.1) is 28.0 Å². The molecule has 0 unspecified atom stereocenters. The highest BCUT2D eigenvalue weighted by Crippen LogP contribution is 2.24. The number of nitrogens with one attached hydrogen (secondary N) is 2. The van der Waals surface area contributed by atoms with E-state index in [4.69, 9.17) is 0 Å². The van der Waals surface area contributed by atoms with Crippen LogP contribution in [0, 0.1) is 6.92 Å². The Kier molecular flexibility index (Phi) is 4.11. The highest BCUT2D eigenvalue weighted by Gasteiger charge is 2.10. The minimum Gasteiger partial charge on any atom is -0.333 e. The molecule has 0 bridgehead atoms. The quantitative estimate of drug-likeness (QED) is 0.544. The Morgan fingerprint density at radius 2 is 2.04 bits per heavy atom. The third-order valence-electron chi connectivity index (χ3n) is 3.95. The van der Waals surface area contributed by atoms with Gasteiger partial charge in [0.1, 0.15) is 0 Å². The van der Waals surface area contributed by atoms with E-state index in [9.17, 15) is 4.79 Å². The fraction of sp³-hybridized carbons (Fsp3) is 0.105. The van der Waals surface area contributed by atoms with E-state index in [1.54, 1.807) is 6.20 Å². The minimum absolute atomic E-state index is 0.0699. The second kappa shape index (κ2) is 6.57. The van der Waals surface area contributed by atoms with Gasteiger partial charge in [-0.3, -0.25) is 9.78 Å². The van der Waals surface area contributed by atoms with Crippen LogP contribution < -0.4 is 5.32 Å². The molecule has 2 aromatic carbocycles. The number of hydrogen-bond donors (Lipinski definition) is 2. The summed E-state index contributed by atoms with van der Waals surface area (Å²) in [5.41, 5.74) is 4.65. The Balaban J connectivity index is 1.48. The smallest absolute Gasteiger partial charge is 0.234 e. The minimum atomic E-state index is -0.0699. The summed E-state index contributed by atoms with van der Waals surface area (Å²) in [6, 6.07) is 15.6. The number of aromatic nitrogens is 3. The molecule has 0 radical (unpaired) electrons. The van der Waals surface area contributed by atoms with Gasteiger partial charge in [-0.1, -0.05) is 42.1 Å². The summed E-state index contributed by atoms with van der Waals surface area (Å²) in [6.07, 6.45) is 1.72. The molecule has 2 heterocycles. The van der Waals surface area contributed by atoms with E-state index in [2.05, 4.69) is 20.3 Å². The van der Waals surface area contributed by atoms with E-state index < -0.39 is 0 Å². The molecule has 0 aliphatic rings. The second-order valence-corrected chi connectivity index (χ2v) is 6.69. The maximum atomic E-state index is 12.3. The fourth-order valence-corrected chi connectivity index (χ4v) is 3.44. The molecule has 0 saturated heterocycles. The number of rotatable bonds is 4. The molecule has 2 aromatic heterocycles. The molecule has 2 N–H and O–H groups in total. The summed E-state index contributed by atoms with van der Waals surface area (Å²) in [6.45, 7) is 2.01. The Morgan fingerprint density at radius 3 is 2.92 bits per heavy atom. The number of fused-ring (bicyclic) bond motifs is 2. The van der Waals surface area contributed by atoms with E-state index in [1.807, 2.05) is 55.5 Å². The first-order valence-electron chi connectivity index (χ1n) is 7.92. The Morgan fingerprint density at radius 1 is 1.16 bits per heavy atom. The largest absolute Gasteiger partial charge is 0.333 e. The summed E-state index contributed by atoms with van der Waals surface area (Å²) >= 11 is 1.39. The molecule has 0 atom stereocenters. The van der Waals surface area contributed by atoms with Crippen LogP contribution in [0.25, 0.3) is 21.9 Å². The van der Waals surface area contributed by atoms with Crippen LogP contribution >= 0.6 is 11.8 Å². The molecule has 5 nitrogen and oxygen atoms in total. The van der Waals surface area contributed by atoms with Crippen LogP contribution in [-0.4, -0.2) is 26.6 Å². The van der Waals surface area contributed by atoms with Gasteiger partial charge in [-0.15, -0.1) is 0 Å². The lowest BCUT2D eigenvalue weighted by atomic mass is 10.1. The van der Waals surface area contributed by atoms with Crippen molar-refractivity contribution in [2.24, 2.45) is 0 Å². The zero-order valence-corrected chi connectivity index (χ0v) is 14.4. The predicted octanol–water partition coefficient (Wildman–Crippen LogP) is 4.15. The van der Waals surface area contributed by atoms with E-state index in [1.165, 1.54) is 11.8 Å². The number of para-hydroxylation sites is 3. The lowest BCUT2D eigenvalue weighted by Crippen LogP contribution is -2.14. The zero-order valence-electron chi connectivity index (χ0n) is 13.6. The van der Waals surface area contributed by atoms with Crippen LogP contribution in [0.4, 0.5) is 5.69 Å². The van der Waals surface area contributed by atoms with Gasteiger partial charge < -0.3 is 10.3 Å². The van der Waals surface area contributed by atoms with E-state index in [0.29, 0.717) is 0 Å². The maximum Gasteiger partial charge on any atom is 0.234 e. The summed E-state index contributed by atoms with van der Waals surface area (Å²) in [7, 11) is 0. The van der Waals surface area contributed by atoms with Crippen molar-refractivity contribution in [3.8, 4) is 0 Å². The van der Waals surface area contributed by atoms with Crippen molar-refractivity contribution in [2.75, 3.05) is 11.1 Å². The Hall–Kier alpha value is -2.86. The lowest BCUT2D eigenvalue weighted by Gasteiger charge is -2.09. The van der Waals surface area contributed by atoms with Crippen molar-refractivity contribution < 1.29 is 4.79 Å². The van der Waals surface area contributed by atoms with Gasteiger partial charge in [-0.05, 0) is 30.7 Å². The summed E-state index contributed by atoms with van der Waals surface area (Å²) in [5, 5.41) is 4.67. The topological polar surface area (TPSA) is 70.7 Å². The molecular weight excluding hydrogens is 332 g/mol. The lowest BCUT2D eigenvalue weighted by molar-refractivity contribution is -0.113. The molecular formula is C19H16N4OS. The molecule has 1 amide bonds. The number of pyridine rings is 1. The van der Waals surface area contributed by atoms with E-state index in [0.717, 1.165) is 38.3 Å². The van der Waals surface area contributed by atoms with Crippen LogP contribution in [0.3, 0.4) is 0 Å². The second-order valence-electron chi connectivity index (χ2n) is 5.73. The number of nitrogens with zero attached hydrogens (tertiary/aromatic N) is 2. The van der Waals surface area contributed by atoms with Crippen LogP contribution in [0.15, 0.2) is 59.9 Å². The molecule has 4 rings (SSSR count). The first-order valence-corrected chi connectivity index (χ1v) is 8.91. The monoisotopic (exact) mass is 348 g/mol. The van der Waals surface area contributed by atoms with Crippen LogP contribution in [0.5, 0.6) is 0 Å². The number of imidazole rings is 1. The van der Waals surface area contributed by atoms with Crippen molar-refractivity contribution in [1.29, 1.82) is 0 Å². The fourth-order valence-electron chi connectivity index (χ4n) is 2.75. The van der Waals surface area contributed by atoms with Gasteiger partial charge in [0.2, 0.25) is 5.91 Å². The molecule has 6 heteroatoms. The highest BCUT2D eigenvalue weighted by molar-refractivity contribution is 7.99. The number of thioether (sulfide) groups is 1. The molecule has 25 heavy (non-hydrogen) atoms. The van der Waals surface area contributed by atoms with E-state index in [-0.39, 0.29) is 11.7 Å². The number of aryl methyl sites for hydroxylation is 1. The first-order chi connectivity index (χ1) is 12.2. The average Bonchev–Trinajstić information content (AvgIpc) is 3.04. The average molecular weight is 348 g/mol. The highest BCUT2D eigenvalue weighted by atomic mass is 32.2. The Labute approximate surface area is 148 Å². The third kappa shape index (κ3) is 3.21. The normalized spacial score (nSPS) is 11.1. The van der Waals surface area contributed by atoms with Gasteiger partial charge in [0.15, 0.2) is 5.16 Å². The standard InChI is InChI=1S/C19H16N4OS/c1-12-5-4-6-13-14(9-10-20-18(12)13)21-17(24)11-25-19-22-15-7-2-3-8-16(15)23-19/h2-10H,11H2,1H3,(H,22,23)(H,20,21,24). The summed E-state index contributed by atoms with van der Waals surface area (Å²) in [4.78, 5) is 24.4. The number of carbonyl (C=O) groups is 1. The third-order valence-corrected chi connectivity index (χ3v) is 4.83. The van der Waals surface area contributed by atoms with Gasteiger partial charge in [-0.25, -0.2) is 4.98 Å². The molecule has 0 fully saturated rings. The Bertz CT molecular complexity index is 1040. The summed E-state index contributed by atoms with van der Waals surface area (Å²) < 4.78 is 0. The number of H-pyrrole nitrogens is 1. The van der Waals surface area contributed by atoms with Gasteiger partial charge in [0.25, 0.3) is 0 Å². The molecule has 0 aliphatic heterocycles. The first kappa shape index (κ1) is 15.7. The van der Waals surface area contributed by atoms with Crippen LogP contribution in [0.2, 0.25) is 0 Å². The number of aromatic amines is 1. The predicted molar refractivity (Wildman–Crippen MR) is 102 cm³/mol. The number of carbonyl (C=O) groups excluding carboxylic acids is 1. The summed E-state index contributed by atoms with van der Waals surface area (Å²) in [5.74, 6) is 0.217. The van der Waals surface area contributed by atoms with Crippen LogP contribution in [0.1, 0.15) is 5.56 Å². The van der Waals surface area contributed by atoms with Gasteiger partial charge >= 0.3 is 0 Å². The number of amides is 1. The van der Waals surface area contributed by atoms with Crippen LogP contribution in [-0.2, 0) is 4.79 Å². The number of anilines is 1.